The van der Waals surface area contributed by atoms with Crippen molar-refractivity contribution >= 4 is 11.0 Å². The van der Waals surface area contributed by atoms with Crippen LogP contribution >= 0.6 is 0 Å². The Balaban J connectivity index is 1.99. The van der Waals surface area contributed by atoms with Crippen molar-refractivity contribution in [1.29, 1.82) is 0 Å². The van der Waals surface area contributed by atoms with Crippen molar-refractivity contribution in [2.75, 3.05) is 26.9 Å². The van der Waals surface area contributed by atoms with Gasteiger partial charge in [-0.05, 0) is 0 Å². The first-order valence-corrected chi connectivity index (χ1v) is 6.31. The number of hydrogen-bond donors (Lipinski definition) is 2. The van der Waals surface area contributed by atoms with Crippen LogP contribution in [0.1, 0.15) is 18.3 Å². The number of fused-ring (bicyclic) bond motifs is 2. The molecule has 0 saturated heterocycles. The van der Waals surface area contributed by atoms with Crippen molar-refractivity contribution in [3.05, 3.63) is 18.0 Å². The van der Waals surface area contributed by atoms with E-state index in [1.807, 2.05) is 12.1 Å². The molecule has 3 rings (SSSR count). The Labute approximate surface area is 110 Å². The molecule has 102 valence electrons. The van der Waals surface area contributed by atoms with Crippen LogP contribution < -0.4 is 15.2 Å². The molecule has 0 spiro atoms. The summed E-state index contributed by atoms with van der Waals surface area (Å²) >= 11 is 0. The fraction of sp³-hybridized carbons (Fsp3) is 0.462. The third-order valence-electron chi connectivity index (χ3n) is 3.07. The first-order valence-electron chi connectivity index (χ1n) is 6.31. The Kier molecular flexibility index (Phi) is 3.27. The molecular weight excluding hydrogens is 246 g/mol. The quantitative estimate of drug-likeness (QED) is 0.874. The molecule has 6 heteroatoms. The molecule has 1 aliphatic heterocycles. The highest BCUT2D eigenvalue weighted by Gasteiger charge is 2.16. The second-order valence-electron chi connectivity index (χ2n) is 4.55. The van der Waals surface area contributed by atoms with Gasteiger partial charge < -0.3 is 24.9 Å². The molecule has 1 aliphatic rings. The summed E-state index contributed by atoms with van der Waals surface area (Å²) in [5, 5.41) is 0. The van der Waals surface area contributed by atoms with Gasteiger partial charge in [-0.25, -0.2) is 4.98 Å². The van der Waals surface area contributed by atoms with Gasteiger partial charge in [0.15, 0.2) is 11.5 Å². The monoisotopic (exact) mass is 263 g/mol. The predicted molar refractivity (Wildman–Crippen MR) is 70.5 cm³/mol. The molecule has 19 heavy (non-hydrogen) atoms. The van der Waals surface area contributed by atoms with Gasteiger partial charge in [-0.2, -0.15) is 0 Å². The lowest BCUT2D eigenvalue weighted by Crippen LogP contribution is -2.17. The smallest absolute Gasteiger partial charge is 0.163 e. The average molecular weight is 263 g/mol. The number of nitrogens with one attached hydrogen (secondary N) is 1. The molecule has 0 bridgehead atoms. The Morgan fingerprint density at radius 1 is 1.37 bits per heavy atom. The lowest BCUT2D eigenvalue weighted by molar-refractivity contribution is 0.178. The van der Waals surface area contributed by atoms with E-state index in [1.54, 1.807) is 7.11 Å². The number of hydrogen-bond acceptors (Lipinski definition) is 5. The highest BCUT2D eigenvalue weighted by Crippen LogP contribution is 2.33. The van der Waals surface area contributed by atoms with Gasteiger partial charge in [0, 0.05) is 25.7 Å². The molecule has 0 radical (unpaired) electrons. The minimum atomic E-state index is -0.265. The van der Waals surface area contributed by atoms with Crippen LogP contribution in [0.2, 0.25) is 0 Å². The van der Waals surface area contributed by atoms with Gasteiger partial charge in [-0.1, -0.05) is 0 Å². The van der Waals surface area contributed by atoms with Gasteiger partial charge in [0.25, 0.3) is 0 Å². The van der Waals surface area contributed by atoms with E-state index < -0.39 is 0 Å². The van der Waals surface area contributed by atoms with Crippen molar-refractivity contribution in [1.82, 2.24) is 9.97 Å². The second-order valence-corrected chi connectivity index (χ2v) is 4.55. The zero-order chi connectivity index (χ0) is 13.2. The summed E-state index contributed by atoms with van der Waals surface area (Å²) in [6, 6.07) is 3.53. The fourth-order valence-corrected chi connectivity index (χ4v) is 2.12. The number of methoxy groups -OCH3 is 1. The van der Waals surface area contributed by atoms with Crippen molar-refractivity contribution < 1.29 is 14.2 Å². The van der Waals surface area contributed by atoms with Gasteiger partial charge in [0.2, 0.25) is 0 Å². The van der Waals surface area contributed by atoms with Crippen LogP contribution in [0, 0.1) is 0 Å². The molecule has 0 fully saturated rings. The van der Waals surface area contributed by atoms with E-state index >= 15 is 0 Å². The minimum Gasteiger partial charge on any atom is -0.489 e. The lowest BCUT2D eigenvalue weighted by Gasteiger charge is -2.05. The summed E-state index contributed by atoms with van der Waals surface area (Å²) in [4.78, 5) is 7.67. The third kappa shape index (κ3) is 2.36. The number of rotatable bonds is 3. The summed E-state index contributed by atoms with van der Waals surface area (Å²) in [6.07, 6.45) is 0.889. The van der Waals surface area contributed by atoms with E-state index in [0.29, 0.717) is 25.6 Å². The van der Waals surface area contributed by atoms with Crippen LogP contribution in [0.4, 0.5) is 0 Å². The zero-order valence-electron chi connectivity index (χ0n) is 10.8. The van der Waals surface area contributed by atoms with E-state index in [4.69, 9.17) is 19.9 Å². The molecule has 0 aliphatic carbocycles. The van der Waals surface area contributed by atoms with Gasteiger partial charge >= 0.3 is 0 Å². The van der Waals surface area contributed by atoms with E-state index in [-0.39, 0.29) is 6.04 Å². The topological polar surface area (TPSA) is 82.4 Å². The largest absolute Gasteiger partial charge is 0.489 e. The van der Waals surface area contributed by atoms with Crippen molar-refractivity contribution in [2.45, 2.75) is 12.5 Å². The summed E-state index contributed by atoms with van der Waals surface area (Å²) in [5.74, 6) is 2.20. The number of benzene rings is 1. The summed E-state index contributed by atoms with van der Waals surface area (Å²) in [6.45, 7) is 1.76. The van der Waals surface area contributed by atoms with Crippen LogP contribution in [0.15, 0.2) is 12.1 Å². The number of nitrogens with two attached hydrogens (primary N) is 1. The van der Waals surface area contributed by atoms with Gasteiger partial charge in [0.1, 0.15) is 5.82 Å². The fourth-order valence-electron chi connectivity index (χ4n) is 2.12. The van der Waals surface area contributed by atoms with Gasteiger partial charge in [0.05, 0.1) is 36.9 Å². The Morgan fingerprint density at radius 3 is 2.84 bits per heavy atom. The summed E-state index contributed by atoms with van der Waals surface area (Å²) in [5.41, 5.74) is 7.69. The van der Waals surface area contributed by atoms with Crippen LogP contribution in [0.5, 0.6) is 11.5 Å². The summed E-state index contributed by atoms with van der Waals surface area (Å²) in [7, 11) is 1.62. The van der Waals surface area contributed by atoms with E-state index in [1.165, 1.54) is 0 Å². The maximum Gasteiger partial charge on any atom is 0.163 e. The normalized spacial score (nSPS) is 16.3. The van der Waals surface area contributed by atoms with Crippen molar-refractivity contribution in [3.8, 4) is 11.5 Å². The predicted octanol–water partition coefficient (Wildman–Crippen LogP) is 1.37. The van der Waals surface area contributed by atoms with Gasteiger partial charge in [-0.3, -0.25) is 0 Å². The minimum absolute atomic E-state index is 0.265. The number of aromatic nitrogens is 2. The highest BCUT2D eigenvalue weighted by atomic mass is 16.5. The molecule has 1 aromatic heterocycles. The molecule has 1 atom stereocenters. The van der Waals surface area contributed by atoms with Crippen molar-refractivity contribution in [3.63, 3.8) is 0 Å². The molecule has 0 amide bonds. The Morgan fingerprint density at radius 2 is 2.11 bits per heavy atom. The first-order chi connectivity index (χ1) is 9.28. The van der Waals surface area contributed by atoms with E-state index in [0.717, 1.165) is 29.0 Å². The zero-order valence-corrected chi connectivity index (χ0v) is 10.8. The SMILES string of the molecule is COCC(N)c1nc2cc3c(cc2[nH]1)OCCCO3. The van der Waals surface area contributed by atoms with Crippen LogP contribution in [0.3, 0.4) is 0 Å². The standard InChI is InChI=1S/C13H17N3O3/c1-17-7-8(14)13-15-9-5-11-12(6-10(9)16-13)19-4-2-3-18-11/h5-6,8H,2-4,7,14H2,1H3,(H,15,16). The van der Waals surface area contributed by atoms with Crippen LogP contribution in [-0.2, 0) is 4.74 Å². The van der Waals surface area contributed by atoms with Gasteiger partial charge in [-0.15, -0.1) is 0 Å². The number of aromatic amines is 1. The average Bonchev–Trinajstić information content (AvgIpc) is 2.67. The highest BCUT2D eigenvalue weighted by molar-refractivity contribution is 5.80. The number of imidazole rings is 1. The maximum atomic E-state index is 5.97. The second kappa shape index (κ2) is 5.07. The molecule has 2 heterocycles. The molecule has 0 saturated carbocycles. The molecule has 1 unspecified atom stereocenters. The molecule has 3 N–H and O–H groups in total. The number of nitrogens with zero attached hydrogens (tertiary/aromatic N) is 1. The van der Waals surface area contributed by atoms with E-state index in [2.05, 4.69) is 9.97 Å². The molecular formula is C13H17N3O3. The first kappa shape index (κ1) is 12.3. The summed E-state index contributed by atoms with van der Waals surface area (Å²) < 4.78 is 16.3. The van der Waals surface area contributed by atoms with Crippen molar-refractivity contribution in [2.24, 2.45) is 5.73 Å². The number of ether oxygens (including phenoxy) is 3. The van der Waals surface area contributed by atoms with Crippen LogP contribution in [-0.4, -0.2) is 36.9 Å². The molecule has 2 aromatic rings. The number of H-pyrrole nitrogens is 1. The molecule has 1 aromatic carbocycles. The Hall–Kier alpha value is -1.79. The Bertz CT molecular complexity index is 539. The maximum absolute atomic E-state index is 5.97. The molecule has 6 nitrogen and oxygen atoms in total. The van der Waals surface area contributed by atoms with E-state index in [9.17, 15) is 0 Å². The van der Waals surface area contributed by atoms with Crippen LogP contribution in [0.25, 0.3) is 11.0 Å². The third-order valence-corrected chi connectivity index (χ3v) is 3.07. The lowest BCUT2D eigenvalue weighted by atomic mass is 10.3.